The molecular weight excluding hydrogens is 290 g/mol. The van der Waals surface area contributed by atoms with E-state index in [0.29, 0.717) is 6.04 Å². The van der Waals surface area contributed by atoms with E-state index < -0.39 is 0 Å². The van der Waals surface area contributed by atoms with Crippen molar-refractivity contribution in [3.63, 3.8) is 0 Å². The van der Waals surface area contributed by atoms with Crippen LogP contribution in [0, 0.1) is 5.41 Å². The Labute approximate surface area is 138 Å². The predicted octanol–water partition coefficient (Wildman–Crippen LogP) is 2.58. The largest absolute Gasteiger partial charge is 0.493 e. The van der Waals surface area contributed by atoms with Gasteiger partial charge in [0.25, 0.3) is 0 Å². The van der Waals surface area contributed by atoms with Crippen LogP contribution in [0.25, 0.3) is 0 Å². The van der Waals surface area contributed by atoms with E-state index in [1.54, 1.807) is 14.2 Å². The molecule has 1 heterocycles. The summed E-state index contributed by atoms with van der Waals surface area (Å²) >= 11 is 0. The van der Waals surface area contributed by atoms with Crippen LogP contribution in [0.3, 0.4) is 0 Å². The molecule has 23 heavy (non-hydrogen) atoms. The molecule has 3 aliphatic rings. The van der Waals surface area contributed by atoms with Gasteiger partial charge < -0.3 is 19.5 Å². The molecule has 0 amide bonds. The van der Waals surface area contributed by atoms with E-state index in [-0.39, 0.29) is 16.9 Å². The van der Waals surface area contributed by atoms with E-state index in [1.165, 1.54) is 24.8 Å². The third kappa shape index (κ3) is 1.97. The van der Waals surface area contributed by atoms with Crippen LogP contribution in [0.1, 0.15) is 37.7 Å². The van der Waals surface area contributed by atoms with Crippen LogP contribution in [-0.4, -0.2) is 50.0 Å². The number of methoxy groups -OCH3 is 2. The van der Waals surface area contributed by atoms with Gasteiger partial charge in [0.1, 0.15) is 0 Å². The summed E-state index contributed by atoms with van der Waals surface area (Å²) in [6.07, 6.45) is 5.33. The average molecular weight is 317 g/mol. The van der Waals surface area contributed by atoms with E-state index in [0.717, 1.165) is 30.9 Å². The summed E-state index contributed by atoms with van der Waals surface area (Å²) in [4.78, 5) is 2.46. The molecule has 1 spiro atoms. The number of likely N-dealkylation sites (N-methyl/N-ethyl adjacent to an activating group) is 1. The number of rotatable bonds is 3. The van der Waals surface area contributed by atoms with Crippen molar-refractivity contribution in [3.8, 4) is 11.5 Å². The minimum atomic E-state index is -0.156. The predicted molar refractivity (Wildman–Crippen MR) is 89.2 cm³/mol. The number of benzene rings is 1. The molecule has 3 atom stereocenters. The van der Waals surface area contributed by atoms with Gasteiger partial charge in [-0.1, -0.05) is 6.07 Å². The number of aliphatic hydroxyl groups excluding tert-OH is 1. The molecule has 3 fully saturated rings. The van der Waals surface area contributed by atoms with Crippen molar-refractivity contribution in [2.75, 3.05) is 27.8 Å². The highest BCUT2D eigenvalue weighted by molar-refractivity contribution is 5.48. The first-order chi connectivity index (χ1) is 11.1. The maximum Gasteiger partial charge on any atom is 0.161 e. The van der Waals surface area contributed by atoms with Gasteiger partial charge in [0.15, 0.2) is 11.5 Å². The second-order valence-corrected chi connectivity index (χ2v) is 7.66. The first-order valence-corrected chi connectivity index (χ1v) is 8.67. The molecule has 126 valence electrons. The van der Waals surface area contributed by atoms with Gasteiger partial charge >= 0.3 is 0 Å². The highest BCUT2D eigenvalue weighted by Crippen LogP contribution is 2.70. The molecule has 1 N–H and O–H groups in total. The molecule has 1 saturated heterocycles. The minimum absolute atomic E-state index is 0.153. The van der Waals surface area contributed by atoms with Gasteiger partial charge in [0.05, 0.1) is 20.3 Å². The zero-order valence-corrected chi connectivity index (χ0v) is 14.3. The molecule has 4 rings (SSSR count). The standard InChI is InChI=1S/C19H27NO3/c1-20-9-8-19(13-4-5-15(22-2)16(10-13)23-3)17(20)11-14(21)12-18(19)6-7-18/h4-5,10,14,17,21H,6-9,11-12H2,1-3H3/t14-,17-,19+/m0/s1. The van der Waals surface area contributed by atoms with Crippen LogP contribution in [0.5, 0.6) is 11.5 Å². The fourth-order valence-electron chi connectivity index (χ4n) is 5.58. The normalized spacial score (nSPS) is 35.1. The number of likely N-dealkylation sites (tertiary alicyclic amines) is 1. The van der Waals surface area contributed by atoms with Gasteiger partial charge in [0, 0.05) is 11.5 Å². The lowest BCUT2D eigenvalue weighted by molar-refractivity contribution is 0.00435. The van der Waals surface area contributed by atoms with Gasteiger partial charge in [-0.2, -0.15) is 0 Å². The number of nitrogens with zero attached hydrogens (tertiary/aromatic N) is 1. The summed E-state index contributed by atoms with van der Waals surface area (Å²) in [6, 6.07) is 6.87. The minimum Gasteiger partial charge on any atom is -0.493 e. The number of ether oxygens (including phenoxy) is 2. The van der Waals surface area contributed by atoms with Crippen LogP contribution in [-0.2, 0) is 5.41 Å². The first-order valence-electron chi connectivity index (χ1n) is 8.67. The van der Waals surface area contributed by atoms with Gasteiger partial charge in [-0.3, -0.25) is 0 Å². The Morgan fingerprint density at radius 2 is 1.87 bits per heavy atom. The van der Waals surface area contributed by atoms with Crippen LogP contribution in [0.4, 0.5) is 0 Å². The summed E-state index contributed by atoms with van der Waals surface area (Å²) in [5.41, 5.74) is 1.80. The van der Waals surface area contributed by atoms with Crippen molar-refractivity contribution in [2.24, 2.45) is 5.41 Å². The Kier molecular flexibility index (Phi) is 3.40. The van der Waals surface area contributed by atoms with Crippen LogP contribution < -0.4 is 9.47 Å². The van der Waals surface area contributed by atoms with Gasteiger partial charge in [0.2, 0.25) is 0 Å². The summed E-state index contributed by atoms with van der Waals surface area (Å²) in [6.45, 7) is 1.10. The molecule has 0 aromatic heterocycles. The molecule has 1 aliphatic heterocycles. The quantitative estimate of drug-likeness (QED) is 0.930. The zero-order chi connectivity index (χ0) is 16.2. The van der Waals surface area contributed by atoms with Crippen LogP contribution in [0.15, 0.2) is 18.2 Å². The number of hydrogen-bond acceptors (Lipinski definition) is 4. The Hall–Kier alpha value is -1.26. The Morgan fingerprint density at radius 3 is 2.52 bits per heavy atom. The smallest absolute Gasteiger partial charge is 0.161 e. The number of fused-ring (bicyclic) bond motifs is 2. The molecule has 0 radical (unpaired) electrons. The fraction of sp³-hybridized carbons (Fsp3) is 0.684. The van der Waals surface area contributed by atoms with Crippen molar-refractivity contribution in [1.82, 2.24) is 4.90 Å². The van der Waals surface area contributed by atoms with E-state index in [1.807, 2.05) is 6.07 Å². The molecule has 4 nitrogen and oxygen atoms in total. The third-order valence-electron chi connectivity index (χ3n) is 6.78. The van der Waals surface area contributed by atoms with Crippen molar-refractivity contribution in [2.45, 2.75) is 49.7 Å². The van der Waals surface area contributed by atoms with E-state index in [9.17, 15) is 5.11 Å². The zero-order valence-electron chi connectivity index (χ0n) is 14.3. The van der Waals surface area contributed by atoms with Gasteiger partial charge in [-0.25, -0.2) is 0 Å². The highest BCUT2D eigenvalue weighted by Gasteiger charge is 2.68. The lowest BCUT2D eigenvalue weighted by Crippen LogP contribution is -2.54. The van der Waals surface area contributed by atoms with Crippen molar-refractivity contribution >= 4 is 0 Å². The number of hydrogen-bond donors (Lipinski definition) is 1. The molecule has 1 aromatic carbocycles. The second kappa shape index (κ2) is 5.12. The Balaban J connectivity index is 1.84. The maximum atomic E-state index is 10.4. The van der Waals surface area contributed by atoms with E-state index in [2.05, 4.69) is 24.1 Å². The molecule has 1 aromatic rings. The van der Waals surface area contributed by atoms with E-state index in [4.69, 9.17) is 9.47 Å². The first kappa shape index (κ1) is 15.3. The van der Waals surface area contributed by atoms with Gasteiger partial charge in [-0.05, 0) is 68.8 Å². The molecule has 4 heteroatoms. The van der Waals surface area contributed by atoms with Crippen molar-refractivity contribution in [1.29, 1.82) is 0 Å². The third-order valence-corrected chi connectivity index (χ3v) is 6.78. The molecular formula is C19H27NO3. The lowest BCUT2D eigenvalue weighted by Gasteiger charge is -2.50. The Morgan fingerprint density at radius 1 is 1.13 bits per heavy atom. The monoisotopic (exact) mass is 317 g/mol. The van der Waals surface area contributed by atoms with Crippen LogP contribution in [0.2, 0.25) is 0 Å². The molecule has 2 saturated carbocycles. The summed E-state index contributed by atoms with van der Waals surface area (Å²) in [7, 11) is 5.59. The number of aliphatic hydroxyl groups is 1. The average Bonchev–Trinajstić information content (AvgIpc) is 3.24. The van der Waals surface area contributed by atoms with Crippen molar-refractivity contribution < 1.29 is 14.6 Å². The summed E-state index contributed by atoms with van der Waals surface area (Å²) in [5.74, 6) is 1.60. The lowest BCUT2D eigenvalue weighted by atomic mass is 9.57. The topological polar surface area (TPSA) is 41.9 Å². The highest BCUT2D eigenvalue weighted by atomic mass is 16.5. The molecule has 0 bridgehead atoms. The van der Waals surface area contributed by atoms with E-state index >= 15 is 0 Å². The molecule has 0 unspecified atom stereocenters. The Bertz CT molecular complexity index is 613. The van der Waals surface area contributed by atoms with Crippen molar-refractivity contribution in [3.05, 3.63) is 23.8 Å². The van der Waals surface area contributed by atoms with Gasteiger partial charge in [-0.15, -0.1) is 0 Å². The SMILES string of the molecule is COc1ccc([C@]23CCN(C)[C@H]2C[C@H](O)CC32CC2)cc1OC. The second-order valence-electron chi connectivity index (χ2n) is 7.66. The summed E-state index contributed by atoms with van der Waals surface area (Å²) in [5, 5.41) is 10.4. The fourth-order valence-corrected chi connectivity index (χ4v) is 5.58. The van der Waals surface area contributed by atoms with Crippen LogP contribution >= 0.6 is 0 Å². The summed E-state index contributed by atoms with van der Waals surface area (Å²) < 4.78 is 11.0. The maximum absolute atomic E-state index is 10.4. The molecule has 2 aliphatic carbocycles.